The summed E-state index contributed by atoms with van der Waals surface area (Å²) in [4.78, 5) is 13.0. The summed E-state index contributed by atoms with van der Waals surface area (Å²) in [5.74, 6) is 0.644. The minimum absolute atomic E-state index is 0.0629. The number of para-hydroxylation sites is 1. The Bertz CT molecular complexity index is 1130. The quantitative estimate of drug-likeness (QED) is 0.115. The number of carbonyl (C=O) groups is 1. The smallest absolute Gasteiger partial charge is 0.234 e. The van der Waals surface area contributed by atoms with E-state index in [9.17, 15) is 4.79 Å². The fourth-order valence-electron chi connectivity index (χ4n) is 4.80. The Balaban J connectivity index is 1.40. The second-order valence-corrected chi connectivity index (χ2v) is 12.0. The van der Waals surface area contributed by atoms with Crippen molar-refractivity contribution in [2.45, 2.75) is 104 Å². The van der Waals surface area contributed by atoms with Gasteiger partial charge in [-0.25, -0.2) is 0 Å². The maximum Gasteiger partial charge on any atom is 0.234 e. The predicted octanol–water partition coefficient (Wildman–Crippen LogP) is 9.31. The van der Waals surface area contributed by atoms with Crippen LogP contribution in [0.25, 0.3) is 0 Å². The van der Waals surface area contributed by atoms with Crippen molar-refractivity contribution < 1.29 is 14.1 Å². The molecule has 0 aliphatic heterocycles. The molecule has 4 nitrogen and oxygen atoms in total. The molecule has 2 aromatic carbocycles. The zero-order valence-electron chi connectivity index (χ0n) is 23.9. The molecule has 0 bridgehead atoms. The molecule has 1 N–H and O–H groups in total. The Morgan fingerprint density at radius 2 is 1.56 bits per heavy atom. The number of halogens is 1. The largest absolute Gasteiger partial charge is 0.493 e. The van der Waals surface area contributed by atoms with Gasteiger partial charge in [-0.2, -0.15) is 4.57 Å². The van der Waals surface area contributed by atoms with Crippen LogP contribution in [0.5, 0.6) is 5.75 Å². The summed E-state index contributed by atoms with van der Waals surface area (Å²) in [5, 5.41) is 7.04. The normalized spacial score (nSPS) is 11.1. The van der Waals surface area contributed by atoms with E-state index in [2.05, 4.69) is 41.4 Å². The molecule has 0 spiro atoms. The first kappa shape index (κ1) is 31.2. The van der Waals surface area contributed by atoms with E-state index in [0.717, 1.165) is 29.8 Å². The average molecular weight is 570 g/mol. The molecule has 0 aliphatic carbocycles. The molecule has 6 heteroatoms. The number of nitrogens with one attached hydrogen (secondary N) is 1. The summed E-state index contributed by atoms with van der Waals surface area (Å²) in [7, 11) is 0. The number of anilines is 1. The second kappa shape index (κ2) is 18.1. The van der Waals surface area contributed by atoms with Crippen LogP contribution < -0.4 is 14.6 Å². The summed E-state index contributed by atoms with van der Waals surface area (Å²) in [5.41, 5.74) is 2.78. The molecule has 0 atom stereocenters. The van der Waals surface area contributed by atoms with Crippen molar-refractivity contribution in [3.8, 4) is 5.75 Å². The summed E-state index contributed by atoms with van der Waals surface area (Å²) < 4.78 is 8.29. The van der Waals surface area contributed by atoms with Crippen LogP contribution in [0.2, 0.25) is 5.02 Å². The zero-order valence-corrected chi connectivity index (χ0v) is 25.4. The van der Waals surface area contributed by atoms with Gasteiger partial charge in [0.2, 0.25) is 10.9 Å². The number of carbonyl (C=O) groups excluding carboxylic acids is 1. The fourth-order valence-corrected chi connectivity index (χ4v) is 5.63. The number of ether oxygens (including phenoxy) is 1. The highest BCUT2D eigenvalue weighted by Crippen LogP contribution is 2.25. The van der Waals surface area contributed by atoms with Gasteiger partial charge in [-0.1, -0.05) is 125 Å². The Morgan fingerprint density at radius 1 is 0.897 bits per heavy atom. The van der Waals surface area contributed by atoms with Crippen LogP contribution in [0.3, 0.4) is 0 Å². The van der Waals surface area contributed by atoms with Gasteiger partial charge in [-0.3, -0.25) is 4.79 Å². The Labute approximate surface area is 244 Å². The number of aryl methyl sites for hydroxylation is 1. The highest BCUT2D eigenvalue weighted by Gasteiger charge is 2.15. The molecule has 1 amide bonds. The van der Waals surface area contributed by atoms with Crippen LogP contribution in [0.4, 0.5) is 5.69 Å². The summed E-state index contributed by atoms with van der Waals surface area (Å²) in [6.07, 6.45) is 18.1. The lowest BCUT2D eigenvalue weighted by Gasteiger charge is -2.13. The maximum atomic E-state index is 13.0. The maximum absolute atomic E-state index is 13.0. The highest BCUT2D eigenvalue weighted by molar-refractivity contribution is 7.09. The van der Waals surface area contributed by atoms with Crippen LogP contribution in [-0.4, -0.2) is 12.5 Å². The van der Waals surface area contributed by atoms with Gasteiger partial charge in [-0.15, -0.1) is 0 Å². The van der Waals surface area contributed by atoms with Crippen LogP contribution in [0, 0.1) is 6.92 Å². The van der Waals surface area contributed by atoms with E-state index >= 15 is 0 Å². The van der Waals surface area contributed by atoms with Crippen LogP contribution in [0.1, 0.15) is 100 Å². The summed E-state index contributed by atoms with van der Waals surface area (Å²) >= 11 is 7.98. The van der Waals surface area contributed by atoms with Gasteiger partial charge >= 0.3 is 0 Å². The third kappa shape index (κ3) is 11.7. The Morgan fingerprint density at radius 3 is 2.23 bits per heavy atom. The number of hydrogen-bond acceptors (Lipinski definition) is 3. The number of nitrogens with zero attached hydrogens (tertiary/aromatic N) is 1. The molecule has 212 valence electrons. The third-order valence-electron chi connectivity index (χ3n) is 7.15. The molecule has 0 fully saturated rings. The third-order valence-corrected chi connectivity index (χ3v) is 8.22. The van der Waals surface area contributed by atoms with Crippen molar-refractivity contribution in [1.29, 1.82) is 0 Å². The van der Waals surface area contributed by atoms with Gasteiger partial charge in [0.1, 0.15) is 5.75 Å². The SMILES string of the molecule is CCCCCCCCCCCCCCOc1cc(Cl)ccc1CC(=O)Nc1ccccc1C[n+]1ccsc1C. The van der Waals surface area contributed by atoms with E-state index in [1.807, 2.05) is 36.4 Å². The van der Waals surface area contributed by atoms with E-state index in [1.54, 1.807) is 11.3 Å². The molecular weight excluding hydrogens is 524 g/mol. The molecular formula is C33H46ClN2O2S+. The minimum Gasteiger partial charge on any atom is -0.493 e. The average Bonchev–Trinajstić information content (AvgIpc) is 3.33. The van der Waals surface area contributed by atoms with Crippen molar-refractivity contribution in [2.24, 2.45) is 0 Å². The fraction of sp³-hybridized carbons (Fsp3) is 0.515. The first-order chi connectivity index (χ1) is 19.1. The topological polar surface area (TPSA) is 42.2 Å². The van der Waals surface area contributed by atoms with Gasteiger partial charge in [-0.05, 0) is 24.6 Å². The highest BCUT2D eigenvalue weighted by atomic mass is 35.5. The van der Waals surface area contributed by atoms with E-state index in [1.165, 1.54) is 75.6 Å². The van der Waals surface area contributed by atoms with Crippen LogP contribution >= 0.6 is 22.9 Å². The molecule has 1 heterocycles. The second-order valence-electron chi connectivity index (χ2n) is 10.4. The standard InChI is InChI=1S/C33H45ClN2O2S/c1-3-4-5-6-7-8-9-10-11-12-13-16-22-38-32-25-30(34)20-19-28(32)24-33(37)35-31-18-15-14-17-29(31)26-36-21-23-39-27(36)2/h14-15,17-21,23,25H,3-13,16,22,24,26H2,1-2H3/p+1. The van der Waals surface area contributed by atoms with E-state index in [4.69, 9.17) is 16.3 Å². The van der Waals surface area contributed by atoms with Gasteiger partial charge < -0.3 is 10.1 Å². The monoisotopic (exact) mass is 569 g/mol. The molecule has 3 rings (SSSR count). The minimum atomic E-state index is -0.0629. The van der Waals surface area contributed by atoms with Crippen molar-refractivity contribution in [3.05, 3.63) is 75.2 Å². The molecule has 0 saturated heterocycles. The van der Waals surface area contributed by atoms with E-state index in [0.29, 0.717) is 17.4 Å². The lowest BCUT2D eigenvalue weighted by atomic mass is 10.1. The molecule has 3 aromatic rings. The van der Waals surface area contributed by atoms with Crippen LogP contribution in [-0.2, 0) is 17.8 Å². The van der Waals surface area contributed by atoms with Crippen LogP contribution in [0.15, 0.2) is 54.0 Å². The molecule has 39 heavy (non-hydrogen) atoms. The van der Waals surface area contributed by atoms with E-state index in [-0.39, 0.29) is 12.3 Å². The van der Waals surface area contributed by atoms with Gasteiger partial charge in [0.15, 0.2) is 12.7 Å². The van der Waals surface area contributed by atoms with Crippen molar-refractivity contribution >= 4 is 34.5 Å². The Kier molecular flexibility index (Phi) is 14.4. The number of benzene rings is 2. The molecule has 0 aliphatic rings. The van der Waals surface area contributed by atoms with Gasteiger partial charge in [0, 0.05) is 23.1 Å². The number of thiazole rings is 1. The lowest BCUT2D eigenvalue weighted by molar-refractivity contribution is -0.689. The number of aromatic nitrogens is 1. The molecule has 1 aromatic heterocycles. The van der Waals surface area contributed by atoms with Crippen molar-refractivity contribution in [1.82, 2.24) is 0 Å². The Hall–Kier alpha value is -2.37. The number of unbranched alkanes of at least 4 members (excludes halogenated alkanes) is 11. The first-order valence-corrected chi connectivity index (χ1v) is 16.0. The van der Waals surface area contributed by atoms with Crippen molar-refractivity contribution in [2.75, 3.05) is 11.9 Å². The van der Waals surface area contributed by atoms with E-state index < -0.39 is 0 Å². The molecule has 0 radical (unpaired) electrons. The summed E-state index contributed by atoms with van der Waals surface area (Å²) in [6, 6.07) is 13.5. The molecule has 0 unspecified atom stereocenters. The number of amides is 1. The summed E-state index contributed by atoms with van der Waals surface area (Å²) in [6.45, 7) is 5.74. The van der Waals surface area contributed by atoms with Crippen molar-refractivity contribution in [3.63, 3.8) is 0 Å². The zero-order chi connectivity index (χ0) is 27.7. The number of rotatable bonds is 19. The molecule has 0 saturated carbocycles. The lowest BCUT2D eigenvalue weighted by Crippen LogP contribution is -2.34. The first-order valence-electron chi connectivity index (χ1n) is 14.8. The predicted molar refractivity (Wildman–Crippen MR) is 165 cm³/mol. The van der Waals surface area contributed by atoms with Gasteiger partial charge in [0.05, 0.1) is 24.1 Å². The van der Waals surface area contributed by atoms with Gasteiger partial charge in [0.25, 0.3) is 0 Å². The number of hydrogen-bond donors (Lipinski definition) is 1.